The van der Waals surface area contributed by atoms with E-state index in [4.69, 9.17) is 15.3 Å². The van der Waals surface area contributed by atoms with E-state index < -0.39 is 0 Å². The fraction of sp³-hybridized carbons (Fsp3) is 0.647. The van der Waals surface area contributed by atoms with Crippen molar-refractivity contribution < 1.29 is 9.47 Å². The second-order valence-electron chi connectivity index (χ2n) is 5.67. The SMILES string of the molecule is CCCOc1ccccc1C(CCC1CCCCO1)NN. The molecule has 118 valence electrons. The van der Waals surface area contributed by atoms with Crippen LogP contribution >= 0.6 is 0 Å². The van der Waals surface area contributed by atoms with E-state index in [1.54, 1.807) is 0 Å². The summed E-state index contributed by atoms with van der Waals surface area (Å²) in [5.41, 5.74) is 4.08. The van der Waals surface area contributed by atoms with Crippen LogP contribution in [0, 0.1) is 0 Å². The molecule has 1 aromatic carbocycles. The van der Waals surface area contributed by atoms with Gasteiger partial charge in [0.05, 0.1) is 12.7 Å². The van der Waals surface area contributed by atoms with Gasteiger partial charge in [-0.3, -0.25) is 11.3 Å². The lowest BCUT2D eigenvalue weighted by molar-refractivity contribution is 0.00850. The van der Waals surface area contributed by atoms with Gasteiger partial charge in [-0.05, 0) is 44.6 Å². The van der Waals surface area contributed by atoms with Crippen LogP contribution in [0.15, 0.2) is 24.3 Å². The summed E-state index contributed by atoms with van der Waals surface area (Å²) in [6.45, 7) is 3.75. The molecule has 0 aliphatic carbocycles. The number of nitrogens with one attached hydrogen (secondary N) is 1. The molecule has 1 heterocycles. The van der Waals surface area contributed by atoms with Gasteiger partial charge < -0.3 is 9.47 Å². The molecule has 1 aromatic rings. The van der Waals surface area contributed by atoms with Crippen LogP contribution in [0.3, 0.4) is 0 Å². The van der Waals surface area contributed by atoms with Crippen LogP contribution in [-0.2, 0) is 4.74 Å². The van der Waals surface area contributed by atoms with Gasteiger partial charge in [0, 0.05) is 18.2 Å². The number of nitrogens with two attached hydrogens (primary N) is 1. The van der Waals surface area contributed by atoms with Crippen molar-refractivity contribution in [3.63, 3.8) is 0 Å². The van der Waals surface area contributed by atoms with Crippen LogP contribution < -0.4 is 16.0 Å². The molecule has 0 radical (unpaired) electrons. The summed E-state index contributed by atoms with van der Waals surface area (Å²) < 4.78 is 11.6. The Morgan fingerprint density at radius 3 is 2.95 bits per heavy atom. The van der Waals surface area contributed by atoms with E-state index in [1.807, 2.05) is 18.2 Å². The van der Waals surface area contributed by atoms with Crippen LogP contribution in [0.25, 0.3) is 0 Å². The maximum atomic E-state index is 5.83. The maximum Gasteiger partial charge on any atom is 0.124 e. The van der Waals surface area contributed by atoms with Gasteiger partial charge in [0.1, 0.15) is 5.75 Å². The van der Waals surface area contributed by atoms with Crippen LogP contribution in [0.4, 0.5) is 0 Å². The summed E-state index contributed by atoms with van der Waals surface area (Å²) in [6, 6.07) is 8.27. The maximum absolute atomic E-state index is 5.83. The molecular weight excluding hydrogens is 264 g/mol. The highest BCUT2D eigenvalue weighted by Gasteiger charge is 2.19. The third-order valence-electron chi connectivity index (χ3n) is 4.01. The molecule has 21 heavy (non-hydrogen) atoms. The topological polar surface area (TPSA) is 56.5 Å². The Morgan fingerprint density at radius 2 is 2.24 bits per heavy atom. The average Bonchev–Trinajstić information content (AvgIpc) is 2.55. The van der Waals surface area contributed by atoms with Crippen molar-refractivity contribution in [1.82, 2.24) is 5.43 Å². The van der Waals surface area contributed by atoms with E-state index in [-0.39, 0.29) is 6.04 Å². The summed E-state index contributed by atoms with van der Waals surface area (Å²) in [4.78, 5) is 0. The van der Waals surface area contributed by atoms with Crippen LogP contribution in [0.1, 0.15) is 57.1 Å². The molecule has 4 heteroatoms. The zero-order valence-electron chi connectivity index (χ0n) is 13.0. The predicted molar refractivity (Wildman–Crippen MR) is 85.1 cm³/mol. The van der Waals surface area contributed by atoms with Crippen molar-refractivity contribution in [2.24, 2.45) is 5.84 Å². The van der Waals surface area contributed by atoms with E-state index in [1.165, 1.54) is 19.3 Å². The van der Waals surface area contributed by atoms with E-state index in [0.717, 1.165) is 43.8 Å². The molecule has 3 N–H and O–H groups in total. The fourth-order valence-corrected chi connectivity index (χ4v) is 2.83. The van der Waals surface area contributed by atoms with Gasteiger partial charge in [-0.25, -0.2) is 0 Å². The molecule has 1 saturated heterocycles. The van der Waals surface area contributed by atoms with Crippen LogP contribution in [0.2, 0.25) is 0 Å². The fourth-order valence-electron chi connectivity index (χ4n) is 2.83. The number of hydrogen-bond donors (Lipinski definition) is 2. The third-order valence-corrected chi connectivity index (χ3v) is 4.01. The second-order valence-corrected chi connectivity index (χ2v) is 5.67. The number of rotatable bonds is 8. The molecule has 2 atom stereocenters. The molecule has 2 unspecified atom stereocenters. The lowest BCUT2D eigenvalue weighted by atomic mass is 9.97. The number of benzene rings is 1. The Balaban J connectivity index is 1.95. The average molecular weight is 292 g/mol. The van der Waals surface area contributed by atoms with Gasteiger partial charge >= 0.3 is 0 Å². The van der Waals surface area contributed by atoms with Gasteiger partial charge in [-0.15, -0.1) is 0 Å². The molecule has 0 amide bonds. The van der Waals surface area contributed by atoms with Gasteiger partial charge in [0.2, 0.25) is 0 Å². The molecule has 1 fully saturated rings. The van der Waals surface area contributed by atoms with Crippen LogP contribution in [0.5, 0.6) is 5.75 Å². The zero-order chi connectivity index (χ0) is 14.9. The normalized spacial score (nSPS) is 20.2. The Kier molecular flexibility index (Phi) is 7.00. The predicted octanol–water partition coefficient (Wildman–Crippen LogP) is 3.33. The summed E-state index contributed by atoms with van der Waals surface area (Å²) in [7, 11) is 0. The lowest BCUT2D eigenvalue weighted by Gasteiger charge is -2.25. The second kappa shape index (κ2) is 9.03. The molecule has 4 nitrogen and oxygen atoms in total. The Hall–Kier alpha value is -1.10. The van der Waals surface area contributed by atoms with E-state index >= 15 is 0 Å². The third kappa shape index (κ3) is 4.99. The number of hydrazine groups is 1. The first-order valence-electron chi connectivity index (χ1n) is 8.14. The first kappa shape index (κ1) is 16.3. The van der Waals surface area contributed by atoms with Crippen molar-refractivity contribution in [2.75, 3.05) is 13.2 Å². The van der Waals surface area contributed by atoms with E-state index in [0.29, 0.717) is 6.10 Å². The monoisotopic (exact) mass is 292 g/mol. The minimum Gasteiger partial charge on any atom is -0.493 e. The molecular formula is C17H28N2O2. The van der Waals surface area contributed by atoms with Crippen molar-refractivity contribution >= 4 is 0 Å². The summed E-state index contributed by atoms with van der Waals surface area (Å²) in [5.74, 6) is 6.71. The molecule has 0 saturated carbocycles. The number of hydrogen-bond acceptors (Lipinski definition) is 4. The number of para-hydroxylation sites is 1. The van der Waals surface area contributed by atoms with Gasteiger partial charge in [-0.2, -0.15) is 0 Å². The minimum absolute atomic E-state index is 0.114. The van der Waals surface area contributed by atoms with Crippen molar-refractivity contribution in [1.29, 1.82) is 0 Å². The zero-order valence-corrected chi connectivity index (χ0v) is 13.0. The van der Waals surface area contributed by atoms with Crippen LogP contribution in [-0.4, -0.2) is 19.3 Å². The molecule has 1 aliphatic heterocycles. The Morgan fingerprint density at radius 1 is 1.38 bits per heavy atom. The Labute approximate surface area is 128 Å². The van der Waals surface area contributed by atoms with E-state index in [9.17, 15) is 0 Å². The smallest absolute Gasteiger partial charge is 0.124 e. The largest absolute Gasteiger partial charge is 0.493 e. The highest BCUT2D eigenvalue weighted by Crippen LogP contribution is 2.29. The molecule has 1 aliphatic rings. The highest BCUT2D eigenvalue weighted by atomic mass is 16.5. The first-order chi connectivity index (χ1) is 10.3. The number of ether oxygens (including phenoxy) is 2. The van der Waals surface area contributed by atoms with Crippen molar-refractivity contribution in [3.05, 3.63) is 29.8 Å². The summed E-state index contributed by atoms with van der Waals surface area (Å²) in [5, 5.41) is 0. The standard InChI is InChI=1S/C17H28N2O2/c1-2-12-21-17-9-4-3-8-15(17)16(19-18)11-10-14-7-5-6-13-20-14/h3-4,8-9,14,16,19H,2,5-7,10-13,18H2,1H3. The van der Waals surface area contributed by atoms with Gasteiger partial charge in [-0.1, -0.05) is 25.1 Å². The molecule has 0 spiro atoms. The quantitative estimate of drug-likeness (QED) is 0.570. The summed E-state index contributed by atoms with van der Waals surface area (Å²) >= 11 is 0. The molecule has 0 aromatic heterocycles. The highest BCUT2D eigenvalue weighted by molar-refractivity contribution is 5.35. The van der Waals surface area contributed by atoms with Gasteiger partial charge in [0.25, 0.3) is 0 Å². The summed E-state index contributed by atoms with van der Waals surface area (Å²) in [6.07, 6.45) is 7.05. The first-order valence-corrected chi connectivity index (χ1v) is 8.14. The Bertz CT molecular complexity index is 406. The van der Waals surface area contributed by atoms with Gasteiger partial charge in [0.15, 0.2) is 0 Å². The minimum atomic E-state index is 0.114. The molecule has 2 rings (SSSR count). The molecule has 0 bridgehead atoms. The lowest BCUT2D eigenvalue weighted by Crippen LogP contribution is -2.30. The van der Waals surface area contributed by atoms with E-state index in [2.05, 4.69) is 18.4 Å². The van der Waals surface area contributed by atoms with Crippen molar-refractivity contribution in [2.45, 2.75) is 57.6 Å². The van der Waals surface area contributed by atoms with Crippen molar-refractivity contribution in [3.8, 4) is 5.75 Å².